The predicted octanol–water partition coefficient (Wildman–Crippen LogP) is 2.45. The van der Waals surface area contributed by atoms with Gasteiger partial charge in [0.2, 0.25) is 5.91 Å². The molecular weight excluding hydrogens is 295 g/mol. The Morgan fingerprint density at radius 1 is 1.30 bits per heavy atom. The van der Waals surface area contributed by atoms with Crippen LogP contribution in [0.25, 0.3) is 0 Å². The van der Waals surface area contributed by atoms with E-state index in [9.17, 15) is 9.18 Å². The summed E-state index contributed by atoms with van der Waals surface area (Å²) in [7, 11) is 0. The Bertz CT molecular complexity index is 674. The van der Waals surface area contributed by atoms with Gasteiger partial charge in [0.1, 0.15) is 17.7 Å². The number of nitrogens with zero attached hydrogens (tertiary/aromatic N) is 3. The van der Waals surface area contributed by atoms with Gasteiger partial charge in [-0.2, -0.15) is 0 Å². The molecule has 6 heteroatoms. The lowest BCUT2D eigenvalue weighted by Gasteiger charge is -2.33. The number of likely N-dealkylation sites (tertiary alicyclic amines) is 1. The largest absolute Gasteiger partial charge is 0.382 e. The smallest absolute Gasteiger partial charge is 0.250 e. The van der Waals surface area contributed by atoms with Crippen LogP contribution in [0.3, 0.4) is 0 Å². The van der Waals surface area contributed by atoms with Crippen molar-refractivity contribution in [2.75, 3.05) is 18.8 Å². The van der Waals surface area contributed by atoms with Crippen LogP contribution in [-0.4, -0.2) is 33.4 Å². The maximum Gasteiger partial charge on any atom is 0.250 e. The molecule has 1 amide bonds. The minimum absolute atomic E-state index is 0.000841. The number of aromatic nitrogens is 2. The van der Waals surface area contributed by atoms with Crippen molar-refractivity contribution in [1.82, 2.24) is 14.5 Å². The van der Waals surface area contributed by atoms with E-state index in [1.165, 1.54) is 12.1 Å². The molecule has 2 heterocycles. The summed E-state index contributed by atoms with van der Waals surface area (Å²) in [6.45, 7) is 3.71. The van der Waals surface area contributed by atoms with Crippen molar-refractivity contribution < 1.29 is 9.18 Å². The van der Waals surface area contributed by atoms with Crippen molar-refractivity contribution in [3.8, 4) is 0 Å². The molecule has 1 saturated heterocycles. The Hall–Kier alpha value is -2.37. The summed E-state index contributed by atoms with van der Waals surface area (Å²) in [4.78, 5) is 18.9. The number of nitrogens with two attached hydrogens (primary N) is 1. The zero-order valence-electron chi connectivity index (χ0n) is 13.2. The van der Waals surface area contributed by atoms with Gasteiger partial charge >= 0.3 is 0 Å². The number of nitrogen functional groups attached to an aromatic ring is 1. The number of piperidine rings is 1. The van der Waals surface area contributed by atoms with Crippen LogP contribution in [0.2, 0.25) is 0 Å². The van der Waals surface area contributed by atoms with Gasteiger partial charge in [-0.25, -0.2) is 9.37 Å². The molecule has 1 fully saturated rings. The van der Waals surface area contributed by atoms with Crippen molar-refractivity contribution in [1.29, 1.82) is 0 Å². The highest BCUT2D eigenvalue weighted by molar-refractivity contribution is 5.84. The number of hydrogen-bond acceptors (Lipinski definition) is 3. The monoisotopic (exact) mass is 316 g/mol. The van der Waals surface area contributed by atoms with E-state index in [4.69, 9.17) is 5.73 Å². The molecule has 5 nitrogen and oxygen atoms in total. The summed E-state index contributed by atoms with van der Waals surface area (Å²) in [6.07, 6.45) is 5.20. The van der Waals surface area contributed by atoms with E-state index in [1.54, 1.807) is 29.2 Å². The first-order valence-corrected chi connectivity index (χ1v) is 7.88. The molecule has 0 radical (unpaired) electrons. The third kappa shape index (κ3) is 3.36. The molecule has 1 aliphatic heterocycles. The van der Waals surface area contributed by atoms with Crippen LogP contribution in [-0.2, 0) is 4.79 Å². The second-order valence-electron chi connectivity index (χ2n) is 6.21. The Morgan fingerprint density at radius 2 is 1.96 bits per heavy atom. The van der Waals surface area contributed by atoms with E-state index < -0.39 is 6.04 Å². The zero-order valence-corrected chi connectivity index (χ0v) is 13.2. The van der Waals surface area contributed by atoms with Crippen LogP contribution in [0.4, 0.5) is 10.2 Å². The molecule has 1 atom stereocenters. The van der Waals surface area contributed by atoms with Crippen molar-refractivity contribution in [3.63, 3.8) is 0 Å². The van der Waals surface area contributed by atoms with Crippen LogP contribution in [0.1, 0.15) is 31.4 Å². The third-order valence-corrected chi connectivity index (χ3v) is 4.43. The zero-order chi connectivity index (χ0) is 16.4. The Kier molecular flexibility index (Phi) is 4.32. The summed E-state index contributed by atoms with van der Waals surface area (Å²) < 4.78 is 14.9. The number of hydrogen-bond donors (Lipinski definition) is 1. The second-order valence-corrected chi connectivity index (χ2v) is 6.21. The van der Waals surface area contributed by atoms with Crippen LogP contribution in [0.5, 0.6) is 0 Å². The van der Waals surface area contributed by atoms with Gasteiger partial charge in [0.15, 0.2) is 0 Å². The first-order chi connectivity index (χ1) is 11.0. The van der Waals surface area contributed by atoms with Crippen molar-refractivity contribution >= 4 is 11.7 Å². The maximum absolute atomic E-state index is 13.2. The number of rotatable bonds is 3. The summed E-state index contributed by atoms with van der Waals surface area (Å²) >= 11 is 0. The lowest BCUT2D eigenvalue weighted by atomic mass is 9.97. The molecule has 0 spiro atoms. The average molecular weight is 316 g/mol. The molecule has 0 bridgehead atoms. The molecule has 3 rings (SSSR count). The van der Waals surface area contributed by atoms with Crippen LogP contribution in [0, 0.1) is 11.7 Å². The quantitative estimate of drug-likeness (QED) is 0.946. The number of amides is 1. The van der Waals surface area contributed by atoms with Crippen LogP contribution in [0.15, 0.2) is 36.8 Å². The second kappa shape index (κ2) is 6.40. The van der Waals surface area contributed by atoms with Gasteiger partial charge < -0.3 is 15.2 Å². The lowest BCUT2D eigenvalue weighted by Crippen LogP contribution is -2.42. The first kappa shape index (κ1) is 15.5. The van der Waals surface area contributed by atoms with Gasteiger partial charge in [-0.1, -0.05) is 19.1 Å². The van der Waals surface area contributed by atoms with E-state index in [0.717, 1.165) is 31.5 Å². The minimum atomic E-state index is -0.561. The fourth-order valence-electron chi connectivity index (χ4n) is 2.98. The molecule has 2 aromatic rings. The number of imidazole rings is 1. The number of anilines is 1. The Labute approximate surface area is 134 Å². The van der Waals surface area contributed by atoms with Gasteiger partial charge in [-0.15, -0.1) is 0 Å². The third-order valence-electron chi connectivity index (χ3n) is 4.43. The molecule has 2 N–H and O–H groups in total. The fraction of sp³-hybridized carbons (Fsp3) is 0.412. The molecular formula is C17H21FN4O. The van der Waals surface area contributed by atoms with Gasteiger partial charge in [0.25, 0.3) is 0 Å². The Balaban J connectivity index is 1.91. The van der Waals surface area contributed by atoms with Gasteiger partial charge in [0, 0.05) is 19.3 Å². The van der Waals surface area contributed by atoms with Crippen molar-refractivity contribution in [2.45, 2.75) is 25.8 Å². The van der Waals surface area contributed by atoms with Crippen molar-refractivity contribution in [2.24, 2.45) is 5.92 Å². The summed E-state index contributed by atoms with van der Waals surface area (Å²) in [5.41, 5.74) is 6.43. The van der Waals surface area contributed by atoms with E-state index in [2.05, 4.69) is 11.9 Å². The number of carbonyl (C=O) groups is 1. The van der Waals surface area contributed by atoms with Crippen molar-refractivity contribution in [3.05, 3.63) is 48.2 Å². The number of carbonyl (C=O) groups excluding carboxylic acids is 1. The summed E-state index contributed by atoms with van der Waals surface area (Å²) in [5.74, 6) is 0.683. The van der Waals surface area contributed by atoms with E-state index in [1.807, 2.05) is 4.90 Å². The summed E-state index contributed by atoms with van der Waals surface area (Å²) in [6, 6.07) is 5.46. The molecule has 23 heavy (non-hydrogen) atoms. The SMILES string of the molecule is CC1CCN(C(=O)C(c2ccc(F)cc2)n2cnc(N)c2)CC1. The fourth-order valence-corrected chi connectivity index (χ4v) is 2.98. The normalized spacial score (nSPS) is 17.2. The first-order valence-electron chi connectivity index (χ1n) is 7.88. The van der Waals surface area contributed by atoms with Gasteiger partial charge in [-0.05, 0) is 36.5 Å². The van der Waals surface area contributed by atoms with Crippen LogP contribution < -0.4 is 5.73 Å². The van der Waals surface area contributed by atoms with Gasteiger partial charge in [0.05, 0.1) is 6.33 Å². The number of benzene rings is 1. The maximum atomic E-state index is 13.2. The molecule has 1 unspecified atom stereocenters. The van der Waals surface area contributed by atoms with E-state index >= 15 is 0 Å². The van der Waals surface area contributed by atoms with E-state index in [0.29, 0.717) is 11.7 Å². The summed E-state index contributed by atoms with van der Waals surface area (Å²) in [5, 5.41) is 0. The Morgan fingerprint density at radius 3 is 2.52 bits per heavy atom. The van der Waals surface area contributed by atoms with Gasteiger partial charge in [-0.3, -0.25) is 4.79 Å². The number of halogens is 1. The van der Waals surface area contributed by atoms with E-state index in [-0.39, 0.29) is 11.7 Å². The minimum Gasteiger partial charge on any atom is -0.382 e. The highest BCUT2D eigenvalue weighted by atomic mass is 19.1. The molecule has 1 aliphatic rings. The topological polar surface area (TPSA) is 64.2 Å². The predicted molar refractivity (Wildman–Crippen MR) is 86.2 cm³/mol. The molecule has 1 aromatic carbocycles. The molecule has 0 aliphatic carbocycles. The standard InChI is InChI=1S/C17H21FN4O/c1-12-6-8-21(9-7-12)17(23)16(22-10-15(19)20-11-22)13-2-4-14(18)5-3-13/h2-5,10-12,16H,6-9,19H2,1H3. The highest BCUT2D eigenvalue weighted by Gasteiger charge is 2.29. The average Bonchev–Trinajstić information content (AvgIpc) is 2.96. The van der Waals surface area contributed by atoms with Crippen LogP contribution >= 0.6 is 0 Å². The highest BCUT2D eigenvalue weighted by Crippen LogP contribution is 2.25. The molecule has 1 aromatic heterocycles. The lowest BCUT2D eigenvalue weighted by molar-refractivity contribution is -0.134. The molecule has 0 saturated carbocycles. The molecule has 122 valence electrons.